The maximum atomic E-state index is 12.7. The lowest BCUT2D eigenvalue weighted by atomic mass is 10.1. The van der Waals surface area contributed by atoms with Crippen LogP contribution in [0.2, 0.25) is 0 Å². The quantitative estimate of drug-likeness (QED) is 0.925. The zero-order valence-corrected chi connectivity index (χ0v) is 11.0. The van der Waals surface area contributed by atoms with Crippen LogP contribution in [0.4, 0.5) is 4.39 Å². The molecule has 0 bridgehead atoms. The lowest BCUT2D eigenvalue weighted by Gasteiger charge is -2.13. The average Bonchev–Trinajstić information content (AvgIpc) is 2.77. The van der Waals surface area contributed by atoms with Gasteiger partial charge in [-0.2, -0.15) is 0 Å². The summed E-state index contributed by atoms with van der Waals surface area (Å²) in [6, 6.07) is 5.83. The number of aliphatic hydroxyl groups is 1. The van der Waals surface area contributed by atoms with Gasteiger partial charge in [-0.3, -0.25) is 0 Å². The van der Waals surface area contributed by atoms with Crippen molar-refractivity contribution in [2.75, 3.05) is 0 Å². The molecule has 0 aliphatic rings. The van der Waals surface area contributed by atoms with Crippen molar-refractivity contribution in [3.05, 3.63) is 46.2 Å². The van der Waals surface area contributed by atoms with E-state index in [0.29, 0.717) is 12.4 Å². The Morgan fingerprint density at radius 3 is 2.56 bits per heavy atom. The molecule has 0 saturated carbocycles. The molecule has 1 N–H and O–H groups in total. The Bertz CT molecular complexity index is 517. The van der Waals surface area contributed by atoms with Gasteiger partial charge in [0.2, 0.25) is 0 Å². The summed E-state index contributed by atoms with van der Waals surface area (Å²) in [5, 5.41) is 10.6. The predicted octanol–water partition coefficient (Wildman–Crippen LogP) is 3.09. The highest BCUT2D eigenvalue weighted by molar-refractivity contribution is 7.11. The van der Waals surface area contributed by atoms with Gasteiger partial charge in [-0.05, 0) is 38.1 Å². The molecule has 96 valence electrons. The average molecular weight is 267 g/mol. The molecule has 0 spiro atoms. The molecule has 0 aliphatic carbocycles. The van der Waals surface area contributed by atoms with Crippen LogP contribution in [-0.4, -0.2) is 10.1 Å². The topological polar surface area (TPSA) is 42.4 Å². The van der Waals surface area contributed by atoms with Gasteiger partial charge in [0.1, 0.15) is 23.2 Å². The van der Waals surface area contributed by atoms with E-state index in [-0.39, 0.29) is 5.82 Å². The Balaban J connectivity index is 1.98. The van der Waals surface area contributed by atoms with E-state index < -0.39 is 5.60 Å². The second kappa shape index (κ2) is 5.04. The molecule has 18 heavy (non-hydrogen) atoms. The van der Waals surface area contributed by atoms with Crippen LogP contribution in [0.15, 0.2) is 30.5 Å². The van der Waals surface area contributed by atoms with Crippen molar-refractivity contribution in [3.63, 3.8) is 0 Å². The molecule has 0 saturated heterocycles. The van der Waals surface area contributed by atoms with E-state index in [0.717, 1.165) is 9.88 Å². The molecule has 2 aromatic rings. The minimum absolute atomic E-state index is 0.291. The first-order valence-electron chi connectivity index (χ1n) is 5.51. The molecule has 0 radical (unpaired) electrons. The van der Waals surface area contributed by atoms with E-state index >= 15 is 0 Å². The van der Waals surface area contributed by atoms with Crippen LogP contribution in [0.25, 0.3) is 0 Å². The van der Waals surface area contributed by atoms with Crippen molar-refractivity contribution in [2.45, 2.75) is 26.1 Å². The minimum Gasteiger partial charge on any atom is -0.486 e. The Morgan fingerprint density at radius 2 is 2.00 bits per heavy atom. The Hall–Kier alpha value is -1.46. The number of nitrogens with zero attached hydrogens (tertiary/aromatic N) is 1. The molecule has 0 fully saturated rings. The third-order valence-corrected chi connectivity index (χ3v) is 3.62. The van der Waals surface area contributed by atoms with Gasteiger partial charge in [-0.1, -0.05) is 0 Å². The molecule has 0 unspecified atom stereocenters. The van der Waals surface area contributed by atoms with E-state index in [2.05, 4.69) is 4.98 Å². The largest absolute Gasteiger partial charge is 0.486 e. The third-order valence-electron chi connectivity index (χ3n) is 2.33. The van der Waals surface area contributed by atoms with E-state index in [9.17, 15) is 9.50 Å². The van der Waals surface area contributed by atoms with Crippen LogP contribution >= 0.6 is 11.3 Å². The van der Waals surface area contributed by atoms with Crippen LogP contribution < -0.4 is 4.74 Å². The van der Waals surface area contributed by atoms with Gasteiger partial charge in [-0.25, -0.2) is 9.37 Å². The first-order valence-corrected chi connectivity index (χ1v) is 6.33. The lowest BCUT2D eigenvalue weighted by molar-refractivity contribution is 0.0823. The molecule has 0 aliphatic heterocycles. The van der Waals surface area contributed by atoms with Gasteiger partial charge in [0.05, 0.1) is 10.5 Å². The molecule has 3 nitrogen and oxygen atoms in total. The Morgan fingerprint density at radius 1 is 1.33 bits per heavy atom. The SMILES string of the molecule is CC(C)(O)c1cnc(COc2ccc(F)cc2)s1. The molecule has 0 amide bonds. The van der Waals surface area contributed by atoms with Crippen LogP contribution in [0.1, 0.15) is 23.7 Å². The van der Waals surface area contributed by atoms with Crippen molar-refractivity contribution in [2.24, 2.45) is 0 Å². The van der Waals surface area contributed by atoms with Gasteiger partial charge >= 0.3 is 0 Å². The van der Waals surface area contributed by atoms with E-state index in [4.69, 9.17) is 4.74 Å². The normalized spacial score (nSPS) is 11.6. The molecule has 0 atom stereocenters. The lowest BCUT2D eigenvalue weighted by Crippen LogP contribution is -2.12. The second-order valence-electron chi connectivity index (χ2n) is 4.42. The van der Waals surface area contributed by atoms with E-state index in [1.807, 2.05) is 0 Å². The number of hydrogen-bond donors (Lipinski definition) is 1. The van der Waals surface area contributed by atoms with Crippen molar-refractivity contribution >= 4 is 11.3 Å². The Kier molecular flexibility index (Phi) is 3.63. The number of halogens is 1. The van der Waals surface area contributed by atoms with Crippen molar-refractivity contribution in [1.82, 2.24) is 4.98 Å². The number of rotatable bonds is 4. The van der Waals surface area contributed by atoms with Gasteiger partial charge in [0, 0.05) is 6.20 Å². The van der Waals surface area contributed by atoms with E-state index in [1.54, 1.807) is 32.2 Å². The Labute approximate surface area is 109 Å². The van der Waals surface area contributed by atoms with Crippen molar-refractivity contribution in [3.8, 4) is 5.75 Å². The number of thiazole rings is 1. The highest BCUT2D eigenvalue weighted by Gasteiger charge is 2.19. The van der Waals surface area contributed by atoms with Crippen molar-refractivity contribution < 1.29 is 14.2 Å². The summed E-state index contributed by atoms with van der Waals surface area (Å²) in [5.74, 6) is 0.303. The van der Waals surface area contributed by atoms with Crippen LogP contribution in [0.5, 0.6) is 5.75 Å². The molecule has 2 rings (SSSR count). The fourth-order valence-electron chi connectivity index (χ4n) is 1.34. The highest BCUT2D eigenvalue weighted by atomic mass is 32.1. The number of hydrogen-bond acceptors (Lipinski definition) is 4. The van der Waals surface area contributed by atoms with Gasteiger partial charge in [0.25, 0.3) is 0 Å². The summed E-state index contributed by atoms with van der Waals surface area (Å²) in [6.07, 6.45) is 1.65. The number of ether oxygens (including phenoxy) is 1. The summed E-state index contributed by atoms with van der Waals surface area (Å²) in [4.78, 5) is 4.97. The summed E-state index contributed by atoms with van der Waals surface area (Å²) < 4.78 is 18.2. The molecular formula is C13H14FNO2S. The fraction of sp³-hybridized carbons (Fsp3) is 0.308. The second-order valence-corrected chi connectivity index (χ2v) is 5.54. The van der Waals surface area contributed by atoms with Gasteiger partial charge < -0.3 is 9.84 Å². The first kappa shape index (κ1) is 13.0. The summed E-state index contributed by atoms with van der Waals surface area (Å²) in [5.41, 5.74) is -0.883. The zero-order valence-electron chi connectivity index (χ0n) is 10.2. The fourth-order valence-corrected chi connectivity index (χ4v) is 2.17. The maximum Gasteiger partial charge on any atom is 0.140 e. The zero-order chi connectivity index (χ0) is 13.2. The highest BCUT2D eigenvalue weighted by Crippen LogP contribution is 2.26. The molecule has 1 heterocycles. The molecule has 1 aromatic carbocycles. The van der Waals surface area contributed by atoms with Crippen LogP contribution in [0.3, 0.4) is 0 Å². The first-order chi connectivity index (χ1) is 8.45. The summed E-state index contributed by atoms with van der Waals surface area (Å²) in [7, 11) is 0. The predicted molar refractivity (Wildman–Crippen MR) is 68.1 cm³/mol. The summed E-state index contributed by atoms with van der Waals surface area (Å²) >= 11 is 1.40. The van der Waals surface area contributed by atoms with Gasteiger partial charge in [-0.15, -0.1) is 11.3 Å². The number of benzene rings is 1. The standard InChI is InChI=1S/C13H14FNO2S/c1-13(2,16)11-7-15-12(18-11)8-17-10-5-3-9(14)4-6-10/h3-7,16H,8H2,1-2H3. The molecule has 1 aromatic heterocycles. The van der Waals surface area contributed by atoms with E-state index in [1.165, 1.54) is 23.5 Å². The monoisotopic (exact) mass is 267 g/mol. The summed E-state index contributed by atoms with van der Waals surface area (Å²) in [6.45, 7) is 3.74. The third kappa shape index (κ3) is 3.27. The smallest absolute Gasteiger partial charge is 0.140 e. The number of aromatic nitrogens is 1. The minimum atomic E-state index is -0.883. The van der Waals surface area contributed by atoms with Crippen LogP contribution in [-0.2, 0) is 12.2 Å². The van der Waals surface area contributed by atoms with Gasteiger partial charge in [0.15, 0.2) is 0 Å². The molecule has 5 heteroatoms. The maximum absolute atomic E-state index is 12.7. The van der Waals surface area contributed by atoms with Crippen molar-refractivity contribution in [1.29, 1.82) is 0 Å². The molecular weight excluding hydrogens is 253 g/mol. The van der Waals surface area contributed by atoms with Crippen LogP contribution in [0, 0.1) is 5.82 Å².